The van der Waals surface area contributed by atoms with Crippen molar-refractivity contribution < 1.29 is 0 Å². The van der Waals surface area contributed by atoms with Gasteiger partial charge in [0.05, 0.1) is 22.7 Å². The predicted octanol–water partition coefficient (Wildman–Crippen LogP) is 13.0. The van der Waals surface area contributed by atoms with Crippen molar-refractivity contribution >= 4 is 54.1 Å². The second-order valence-corrected chi connectivity index (χ2v) is 14.4. The molecule has 0 atom stereocenters. The van der Waals surface area contributed by atoms with Crippen LogP contribution in [-0.2, 0) is 0 Å². The van der Waals surface area contributed by atoms with Gasteiger partial charge >= 0.3 is 0 Å². The fourth-order valence-electron chi connectivity index (χ4n) is 8.10. The molecule has 2 heterocycles. The fraction of sp³-hybridized carbons (Fsp3) is 0. The first kappa shape index (κ1) is 32.5. The maximum Gasteiger partial charge on any atom is 0.164 e. The number of benzene rings is 9. The van der Waals surface area contributed by atoms with Crippen molar-refractivity contribution in [3.05, 3.63) is 194 Å². The number of hydrogen-bond acceptors (Lipinski definition) is 4. The van der Waals surface area contributed by atoms with E-state index < -0.39 is 0 Å². The lowest BCUT2D eigenvalue weighted by molar-refractivity contribution is 1.08. The van der Waals surface area contributed by atoms with E-state index in [2.05, 4.69) is 187 Å². The van der Waals surface area contributed by atoms with Gasteiger partial charge < -0.3 is 4.57 Å². The summed E-state index contributed by atoms with van der Waals surface area (Å²) in [5, 5.41) is 19.0. The first-order valence-electron chi connectivity index (χ1n) is 19.0. The van der Waals surface area contributed by atoms with Crippen LogP contribution in [0.4, 0.5) is 0 Å². The third-order valence-corrected chi connectivity index (χ3v) is 11.0. The van der Waals surface area contributed by atoms with Gasteiger partial charge in [0.1, 0.15) is 0 Å². The van der Waals surface area contributed by atoms with E-state index in [1.807, 2.05) is 12.1 Å². The van der Waals surface area contributed by atoms with Crippen LogP contribution >= 0.6 is 0 Å². The Morgan fingerprint density at radius 2 is 0.789 bits per heavy atom. The van der Waals surface area contributed by atoms with Gasteiger partial charge in [-0.2, -0.15) is 5.26 Å². The number of fused-ring (bicyclic) bond motifs is 6. The maximum atomic E-state index is 9.84. The van der Waals surface area contributed by atoms with Gasteiger partial charge in [0, 0.05) is 33.2 Å². The number of nitriles is 1. The molecule has 9 aromatic carbocycles. The summed E-state index contributed by atoms with van der Waals surface area (Å²) < 4.78 is 2.30. The van der Waals surface area contributed by atoms with Crippen LogP contribution in [0.25, 0.3) is 105 Å². The number of nitrogens with zero attached hydrogens (tertiary/aromatic N) is 5. The molecule has 264 valence electrons. The predicted molar refractivity (Wildman–Crippen MR) is 233 cm³/mol. The summed E-state index contributed by atoms with van der Waals surface area (Å²) in [4.78, 5) is 15.2. The van der Waals surface area contributed by atoms with Crippen LogP contribution in [0.5, 0.6) is 0 Å². The molecule has 0 aliphatic rings. The third kappa shape index (κ3) is 5.67. The molecule has 5 nitrogen and oxygen atoms in total. The quantitative estimate of drug-likeness (QED) is 0.177. The number of aromatic nitrogens is 4. The Labute approximate surface area is 328 Å². The summed E-state index contributed by atoms with van der Waals surface area (Å²) in [5.41, 5.74) is 8.79. The Hall–Kier alpha value is -7.94. The average molecular weight is 726 g/mol. The van der Waals surface area contributed by atoms with Gasteiger partial charge in [-0.1, -0.05) is 133 Å². The van der Waals surface area contributed by atoms with Crippen molar-refractivity contribution in [1.29, 1.82) is 5.26 Å². The van der Waals surface area contributed by atoms with Gasteiger partial charge in [-0.05, 0) is 98.0 Å². The highest BCUT2D eigenvalue weighted by Gasteiger charge is 2.17. The highest BCUT2D eigenvalue weighted by atomic mass is 15.0. The highest BCUT2D eigenvalue weighted by molar-refractivity contribution is 6.11. The first-order valence-corrected chi connectivity index (χ1v) is 19.0. The lowest BCUT2D eigenvalue weighted by Crippen LogP contribution is -2.00. The monoisotopic (exact) mass is 725 g/mol. The Bertz CT molecular complexity index is 3330. The molecule has 5 heteroatoms. The van der Waals surface area contributed by atoms with Crippen LogP contribution in [0.1, 0.15) is 5.56 Å². The van der Waals surface area contributed by atoms with Crippen molar-refractivity contribution in [2.45, 2.75) is 0 Å². The van der Waals surface area contributed by atoms with Crippen LogP contribution in [-0.4, -0.2) is 19.5 Å². The van der Waals surface area contributed by atoms with E-state index in [0.29, 0.717) is 23.0 Å². The molecule has 0 spiro atoms. The second-order valence-electron chi connectivity index (χ2n) is 14.4. The Balaban J connectivity index is 1.02. The summed E-state index contributed by atoms with van der Waals surface area (Å²) in [5.74, 6) is 1.87. The summed E-state index contributed by atoms with van der Waals surface area (Å²) in [6, 6.07) is 67.7. The molecule has 0 aliphatic heterocycles. The molecule has 0 bridgehead atoms. The summed E-state index contributed by atoms with van der Waals surface area (Å²) >= 11 is 0. The van der Waals surface area contributed by atoms with Gasteiger partial charge in [0.25, 0.3) is 0 Å². The fourth-order valence-corrected chi connectivity index (χ4v) is 8.10. The highest BCUT2D eigenvalue weighted by Crippen LogP contribution is 2.37. The van der Waals surface area contributed by atoms with Gasteiger partial charge in [-0.3, -0.25) is 0 Å². The normalized spacial score (nSPS) is 11.5. The van der Waals surface area contributed by atoms with E-state index >= 15 is 0 Å². The molecule has 0 saturated carbocycles. The topological polar surface area (TPSA) is 67.4 Å². The molecule has 11 aromatic rings. The summed E-state index contributed by atoms with van der Waals surface area (Å²) in [6.45, 7) is 0. The van der Waals surface area contributed by atoms with Crippen LogP contribution in [0.15, 0.2) is 188 Å². The standard InChI is InChI=1S/C52H31N5/c53-32-33-13-25-48-46(27-33)47-31-42(23-26-49(47)57(48)45-24-22-36-9-3-6-12-41(36)30-45)37-14-18-38(19-15-37)50-54-51(43-20-16-34-7-1-4-10-39(34)28-43)56-52(55-50)44-21-17-35-8-2-5-11-40(35)29-44/h1-31H. The second kappa shape index (κ2) is 13.1. The molecule has 0 fully saturated rings. The molecule has 0 amide bonds. The summed E-state index contributed by atoms with van der Waals surface area (Å²) in [7, 11) is 0. The van der Waals surface area contributed by atoms with Crippen LogP contribution in [0.3, 0.4) is 0 Å². The SMILES string of the molecule is N#Cc1ccc2c(c1)c1cc(-c3ccc(-c4nc(-c5ccc6ccccc6c5)nc(-c5ccc6ccccc6c5)n4)cc3)ccc1n2-c1ccc2ccccc2c1. The zero-order valence-corrected chi connectivity index (χ0v) is 30.6. The molecule has 0 aliphatic carbocycles. The van der Waals surface area contributed by atoms with E-state index in [1.165, 1.54) is 21.5 Å². The molecular formula is C52H31N5. The largest absolute Gasteiger partial charge is 0.309 e. The van der Waals surface area contributed by atoms with Crippen molar-refractivity contribution in [3.63, 3.8) is 0 Å². The molecule has 0 saturated heterocycles. The van der Waals surface area contributed by atoms with Gasteiger partial charge in [-0.15, -0.1) is 0 Å². The van der Waals surface area contributed by atoms with E-state index in [9.17, 15) is 5.26 Å². The molecule has 57 heavy (non-hydrogen) atoms. The lowest BCUT2D eigenvalue weighted by Gasteiger charge is -2.11. The van der Waals surface area contributed by atoms with E-state index in [4.69, 9.17) is 15.0 Å². The van der Waals surface area contributed by atoms with E-state index in [-0.39, 0.29) is 0 Å². The minimum absolute atomic E-state index is 0.612. The smallest absolute Gasteiger partial charge is 0.164 e. The zero-order valence-electron chi connectivity index (χ0n) is 30.6. The third-order valence-electron chi connectivity index (χ3n) is 11.0. The minimum atomic E-state index is 0.612. The zero-order chi connectivity index (χ0) is 37.9. The number of rotatable bonds is 5. The minimum Gasteiger partial charge on any atom is -0.309 e. The van der Waals surface area contributed by atoms with Gasteiger partial charge in [0.15, 0.2) is 17.5 Å². The molecular weight excluding hydrogens is 695 g/mol. The van der Waals surface area contributed by atoms with Crippen LogP contribution < -0.4 is 0 Å². The van der Waals surface area contributed by atoms with Crippen molar-refractivity contribution in [2.75, 3.05) is 0 Å². The van der Waals surface area contributed by atoms with Crippen molar-refractivity contribution in [2.24, 2.45) is 0 Å². The van der Waals surface area contributed by atoms with E-state index in [1.54, 1.807) is 0 Å². The molecule has 0 unspecified atom stereocenters. The first-order chi connectivity index (χ1) is 28.1. The van der Waals surface area contributed by atoms with Crippen LogP contribution in [0.2, 0.25) is 0 Å². The molecule has 0 N–H and O–H groups in total. The Kier molecular flexibility index (Phi) is 7.48. The van der Waals surface area contributed by atoms with Crippen LogP contribution in [0, 0.1) is 11.3 Å². The van der Waals surface area contributed by atoms with Gasteiger partial charge in [0.2, 0.25) is 0 Å². The lowest BCUT2D eigenvalue weighted by atomic mass is 10.0. The van der Waals surface area contributed by atoms with Gasteiger partial charge in [-0.25, -0.2) is 15.0 Å². The Morgan fingerprint density at radius 1 is 0.351 bits per heavy atom. The van der Waals surface area contributed by atoms with Crippen molar-refractivity contribution in [3.8, 4) is 57.0 Å². The molecule has 2 aromatic heterocycles. The number of hydrogen-bond donors (Lipinski definition) is 0. The molecule has 0 radical (unpaired) electrons. The summed E-state index contributed by atoms with van der Waals surface area (Å²) in [6.07, 6.45) is 0. The Morgan fingerprint density at radius 3 is 1.37 bits per heavy atom. The van der Waals surface area contributed by atoms with E-state index in [0.717, 1.165) is 66.1 Å². The van der Waals surface area contributed by atoms with Crippen molar-refractivity contribution in [1.82, 2.24) is 19.5 Å². The maximum absolute atomic E-state index is 9.84. The molecule has 11 rings (SSSR count). The average Bonchev–Trinajstić information content (AvgIpc) is 3.61.